The van der Waals surface area contributed by atoms with Gasteiger partial charge < -0.3 is 15.0 Å². The number of anilines is 1. The van der Waals surface area contributed by atoms with Crippen molar-refractivity contribution in [1.29, 1.82) is 0 Å². The van der Waals surface area contributed by atoms with Crippen LogP contribution in [0.4, 0.5) is 5.82 Å². The number of esters is 1. The SMILES string of the molecule is CNC(=O)c1ccc(N2CCCC2C(=O)OC)nn1. The van der Waals surface area contributed by atoms with Gasteiger partial charge >= 0.3 is 5.97 Å². The zero-order valence-electron chi connectivity index (χ0n) is 10.9. The molecule has 1 aromatic heterocycles. The Labute approximate surface area is 110 Å². The lowest BCUT2D eigenvalue weighted by molar-refractivity contribution is -0.141. The van der Waals surface area contributed by atoms with Crippen LogP contribution in [0.2, 0.25) is 0 Å². The van der Waals surface area contributed by atoms with Crippen molar-refractivity contribution in [3.05, 3.63) is 17.8 Å². The lowest BCUT2D eigenvalue weighted by atomic mass is 10.2. The molecule has 1 aromatic rings. The van der Waals surface area contributed by atoms with E-state index in [-0.39, 0.29) is 23.6 Å². The molecule has 7 heteroatoms. The fraction of sp³-hybridized carbons (Fsp3) is 0.500. The number of nitrogens with one attached hydrogen (secondary N) is 1. The monoisotopic (exact) mass is 264 g/mol. The molecule has 1 N–H and O–H groups in total. The summed E-state index contributed by atoms with van der Waals surface area (Å²) < 4.78 is 4.77. The number of nitrogens with zero attached hydrogens (tertiary/aromatic N) is 3. The Morgan fingerprint density at radius 2 is 2.21 bits per heavy atom. The van der Waals surface area contributed by atoms with E-state index in [1.807, 2.05) is 4.90 Å². The Morgan fingerprint density at radius 3 is 2.79 bits per heavy atom. The van der Waals surface area contributed by atoms with Gasteiger partial charge in [0.2, 0.25) is 0 Å². The van der Waals surface area contributed by atoms with Gasteiger partial charge in [0.25, 0.3) is 5.91 Å². The minimum Gasteiger partial charge on any atom is -0.467 e. The number of aromatic nitrogens is 2. The lowest BCUT2D eigenvalue weighted by Gasteiger charge is -2.22. The van der Waals surface area contributed by atoms with Gasteiger partial charge in [-0.3, -0.25) is 4.79 Å². The summed E-state index contributed by atoms with van der Waals surface area (Å²) in [6.45, 7) is 0.730. The number of rotatable bonds is 3. The van der Waals surface area contributed by atoms with Gasteiger partial charge in [-0.05, 0) is 25.0 Å². The minimum absolute atomic E-state index is 0.250. The first kappa shape index (κ1) is 13.3. The van der Waals surface area contributed by atoms with Gasteiger partial charge in [0, 0.05) is 13.6 Å². The molecule has 1 aliphatic heterocycles. The average Bonchev–Trinajstić information content (AvgIpc) is 2.95. The van der Waals surface area contributed by atoms with E-state index in [0.29, 0.717) is 5.82 Å². The fourth-order valence-corrected chi connectivity index (χ4v) is 2.15. The first-order valence-electron chi connectivity index (χ1n) is 6.07. The van der Waals surface area contributed by atoms with Gasteiger partial charge in [0.1, 0.15) is 6.04 Å². The maximum absolute atomic E-state index is 11.6. The zero-order chi connectivity index (χ0) is 13.8. The van der Waals surface area contributed by atoms with E-state index in [9.17, 15) is 9.59 Å². The summed E-state index contributed by atoms with van der Waals surface area (Å²) in [4.78, 5) is 24.9. The molecule has 19 heavy (non-hydrogen) atoms. The van der Waals surface area contributed by atoms with Crippen LogP contribution in [0.15, 0.2) is 12.1 Å². The predicted octanol–water partition coefficient (Wildman–Crippen LogP) is -0.0220. The van der Waals surface area contributed by atoms with Gasteiger partial charge in [-0.25, -0.2) is 4.79 Å². The Morgan fingerprint density at radius 1 is 1.42 bits per heavy atom. The van der Waals surface area contributed by atoms with E-state index in [1.165, 1.54) is 14.2 Å². The highest BCUT2D eigenvalue weighted by molar-refractivity contribution is 5.92. The van der Waals surface area contributed by atoms with Crippen LogP contribution < -0.4 is 10.2 Å². The number of ether oxygens (including phenoxy) is 1. The first-order chi connectivity index (χ1) is 9.17. The van der Waals surface area contributed by atoms with E-state index in [0.717, 1.165) is 19.4 Å². The molecule has 1 aliphatic rings. The van der Waals surface area contributed by atoms with Gasteiger partial charge in [0.05, 0.1) is 7.11 Å². The van der Waals surface area contributed by atoms with Crippen molar-refractivity contribution in [1.82, 2.24) is 15.5 Å². The number of amides is 1. The molecule has 0 aromatic carbocycles. The second-order valence-electron chi connectivity index (χ2n) is 4.23. The molecule has 7 nitrogen and oxygen atoms in total. The Bertz CT molecular complexity index is 474. The molecule has 1 amide bonds. The molecule has 102 valence electrons. The summed E-state index contributed by atoms with van der Waals surface area (Å²) in [6, 6.07) is 2.97. The fourth-order valence-electron chi connectivity index (χ4n) is 2.15. The van der Waals surface area contributed by atoms with E-state index in [1.54, 1.807) is 12.1 Å². The van der Waals surface area contributed by atoms with Gasteiger partial charge in [-0.1, -0.05) is 0 Å². The molecule has 2 heterocycles. The van der Waals surface area contributed by atoms with E-state index in [2.05, 4.69) is 15.5 Å². The quantitative estimate of drug-likeness (QED) is 0.772. The number of carbonyl (C=O) groups is 2. The standard InChI is InChI=1S/C12H16N4O3/c1-13-11(17)8-5-6-10(15-14-8)16-7-3-4-9(16)12(18)19-2/h5-6,9H,3-4,7H2,1-2H3,(H,13,17). The van der Waals surface area contributed by atoms with Crippen LogP contribution in [-0.2, 0) is 9.53 Å². The highest BCUT2D eigenvalue weighted by Gasteiger charge is 2.32. The smallest absolute Gasteiger partial charge is 0.328 e. The van der Waals surface area contributed by atoms with Crippen molar-refractivity contribution in [3.8, 4) is 0 Å². The Balaban J connectivity index is 2.17. The third kappa shape index (κ3) is 2.64. The maximum atomic E-state index is 11.6. The third-order valence-electron chi connectivity index (χ3n) is 3.13. The molecule has 2 rings (SSSR count). The third-order valence-corrected chi connectivity index (χ3v) is 3.13. The molecular weight excluding hydrogens is 248 g/mol. The van der Waals surface area contributed by atoms with E-state index < -0.39 is 0 Å². The summed E-state index contributed by atoms with van der Waals surface area (Å²) >= 11 is 0. The number of methoxy groups -OCH3 is 1. The van der Waals surface area contributed by atoms with Crippen molar-refractivity contribution in [2.24, 2.45) is 0 Å². The molecule has 0 saturated carbocycles. The van der Waals surface area contributed by atoms with E-state index >= 15 is 0 Å². The van der Waals surface area contributed by atoms with Gasteiger partial charge in [-0.2, -0.15) is 0 Å². The number of carbonyl (C=O) groups excluding carboxylic acids is 2. The molecule has 0 aliphatic carbocycles. The van der Waals surface area contributed by atoms with Crippen LogP contribution in [-0.4, -0.2) is 48.8 Å². The zero-order valence-corrected chi connectivity index (χ0v) is 10.9. The molecule has 1 unspecified atom stereocenters. The molecular formula is C12H16N4O3. The summed E-state index contributed by atoms with van der Waals surface area (Å²) in [6.07, 6.45) is 1.64. The second kappa shape index (κ2) is 5.64. The van der Waals surface area contributed by atoms with Crippen LogP contribution >= 0.6 is 0 Å². The van der Waals surface area contributed by atoms with Crippen LogP contribution in [0.25, 0.3) is 0 Å². The molecule has 1 fully saturated rings. The Kier molecular flexibility index (Phi) is 3.94. The van der Waals surface area contributed by atoms with Crippen molar-refractivity contribution >= 4 is 17.7 Å². The van der Waals surface area contributed by atoms with Gasteiger partial charge in [-0.15, -0.1) is 10.2 Å². The highest BCUT2D eigenvalue weighted by atomic mass is 16.5. The van der Waals surface area contributed by atoms with Crippen LogP contribution in [0, 0.1) is 0 Å². The molecule has 0 spiro atoms. The van der Waals surface area contributed by atoms with Crippen LogP contribution in [0.3, 0.4) is 0 Å². The first-order valence-corrected chi connectivity index (χ1v) is 6.07. The number of hydrogen-bond acceptors (Lipinski definition) is 6. The summed E-state index contributed by atoms with van der Waals surface area (Å²) in [5.74, 6) is 0.0280. The van der Waals surface area contributed by atoms with Crippen molar-refractivity contribution in [2.45, 2.75) is 18.9 Å². The van der Waals surface area contributed by atoms with Crippen molar-refractivity contribution in [3.63, 3.8) is 0 Å². The predicted molar refractivity (Wildman–Crippen MR) is 67.8 cm³/mol. The summed E-state index contributed by atoms with van der Waals surface area (Å²) in [7, 11) is 2.91. The van der Waals surface area contributed by atoms with Crippen LogP contribution in [0.1, 0.15) is 23.3 Å². The van der Waals surface area contributed by atoms with E-state index in [4.69, 9.17) is 4.74 Å². The highest BCUT2D eigenvalue weighted by Crippen LogP contribution is 2.24. The summed E-state index contributed by atoms with van der Waals surface area (Å²) in [5.41, 5.74) is 0.250. The second-order valence-corrected chi connectivity index (χ2v) is 4.23. The van der Waals surface area contributed by atoms with Crippen LogP contribution in [0.5, 0.6) is 0 Å². The van der Waals surface area contributed by atoms with Crippen molar-refractivity contribution < 1.29 is 14.3 Å². The molecule has 1 saturated heterocycles. The van der Waals surface area contributed by atoms with Gasteiger partial charge in [0.15, 0.2) is 11.5 Å². The molecule has 1 atom stereocenters. The maximum Gasteiger partial charge on any atom is 0.328 e. The Hall–Kier alpha value is -2.18. The summed E-state index contributed by atoms with van der Waals surface area (Å²) in [5, 5.41) is 10.3. The minimum atomic E-state index is -0.315. The normalized spacial score (nSPS) is 18.2. The molecule has 0 radical (unpaired) electrons. The number of hydrogen-bond donors (Lipinski definition) is 1. The largest absolute Gasteiger partial charge is 0.467 e. The van der Waals surface area contributed by atoms with Crippen molar-refractivity contribution in [2.75, 3.05) is 25.6 Å². The average molecular weight is 264 g/mol. The topological polar surface area (TPSA) is 84.4 Å². The molecule has 0 bridgehead atoms. The lowest BCUT2D eigenvalue weighted by Crippen LogP contribution is -2.37.